The number of pyridine rings is 1. The Morgan fingerprint density at radius 3 is 2.52 bits per heavy atom. The Balaban J connectivity index is 0.000000510. The summed E-state index contributed by atoms with van der Waals surface area (Å²) in [6, 6.07) is 7.89. The van der Waals surface area contributed by atoms with Gasteiger partial charge in [-0.3, -0.25) is 0 Å². The van der Waals surface area contributed by atoms with E-state index in [1.54, 1.807) is 6.20 Å². The summed E-state index contributed by atoms with van der Waals surface area (Å²) in [4.78, 5) is 8.65. The molecule has 0 aliphatic rings. The second-order valence-electron chi connectivity index (χ2n) is 3.52. The molecule has 21 heavy (non-hydrogen) atoms. The van der Waals surface area contributed by atoms with E-state index in [2.05, 4.69) is 15.1 Å². The molecule has 0 amide bonds. The summed E-state index contributed by atoms with van der Waals surface area (Å²) in [7, 11) is 0. The Hall–Kier alpha value is -1.88. The van der Waals surface area contributed by atoms with Crippen molar-refractivity contribution in [1.29, 1.82) is 0 Å². The van der Waals surface area contributed by atoms with Crippen LogP contribution in [0.1, 0.15) is 27.7 Å². The Bertz CT molecular complexity index is 664. The lowest BCUT2D eigenvalue weighted by atomic mass is 10.2. The molecule has 4 nitrogen and oxygen atoms in total. The zero-order chi connectivity index (χ0) is 15.7. The van der Waals surface area contributed by atoms with Crippen molar-refractivity contribution in [2.24, 2.45) is 0 Å². The quantitative estimate of drug-likeness (QED) is 0.514. The molecule has 3 rings (SSSR count). The highest BCUT2D eigenvalue weighted by Gasteiger charge is 2.07. The summed E-state index contributed by atoms with van der Waals surface area (Å²) in [6.07, 6.45) is 7.51. The van der Waals surface area contributed by atoms with Crippen LogP contribution in [0.3, 0.4) is 0 Å². The maximum absolute atomic E-state index is 4.48. The maximum atomic E-state index is 4.48. The van der Waals surface area contributed by atoms with Crippen LogP contribution in [0, 0.1) is 0 Å². The molecule has 0 N–H and O–H groups in total. The zero-order valence-corrected chi connectivity index (χ0v) is 14.1. The predicted octanol–water partition coefficient (Wildman–Crippen LogP) is 4.57. The molecule has 5 heteroatoms. The van der Waals surface area contributed by atoms with Crippen LogP contribution < -0.4 is 0 Å². The molecular weight excluding hydrogens is 280 g/mol. The van der Waals surface area contributed by atoms with Crippen LogP contribution in [0.5, 0.6) is 0 Å². The van der Waals surface area contributed by atoms with Crippen molar-refractivity contribution in [3.05, 3.63) is 42.9 Å². The number of fused-ring (bicyclic) bond motifs is 1. The van der Waals surface area contributed by atoms with E-state index in [9.17, 15) is 0 Å². The van der Waals surface area contributed by atoms with Crippen LogP contribution in [-0.2, 0) is 0 Å². The second-order valence-corrected chi connectivity index (χ2v) is 4.29. The standard InChI is InChI=1S/C12H10N4S.2C2H6/c1-17-12-13-6-5-10(15-12)9-8-14-16-7-3-2-4-11(9)16;2*1-2/h2-8H,1H3;2*1-2H3. The van der Waals surface area contributed by atoms with Crippen LogP contribution in [0.15, 0.2) is 48.0 Å². The summed E-state index contributed by atoms with van der Waals surface area (Å²) in [6.45, 7) is 8.00. The monoisotopic (exact) mass is 302 g/mol. The smallest absolute Gasteiger partial charge is 0.187 e. The van der Waals surface area contributed by atoms with Gasteiger partial charge < -0.3 is 0 Å². The largest absolute Gasteiger partial charge is 0.240 e. The molecule has 0 aromatic carbocycles. The topological polar surface area (TPSA) is 43.1 Å². The van der Waals surface area contributed by atoms with E-state index in [-0.39, 0.29) is 0 Å². The van der Waals surface area contributed by atoms with Gasteiger partial charge in [-0.15, -0.1) is 0 Å². The fourth-order valence-electron chi connectivity index (χ4n) is 1.72. The number of hydrogen-bond donors (Lipinski definition) is 0. The van der Waals surface area contributed by atoms with E-state index < -0.39 is 0 Å². The zero-order valence-electron chi connectivity index (χ0n) is 13.2. The lowest BCUT2D eigenvalue weighted by Crippen LogP contribution is -1.89. The van der Waals surface area contributed by atoms with Crippen molar-refractivity contribution in [2.45, 2.75) is 32.9 Å². The SMILES string of the molecule is CC.CC.CSc1nccc(-c2cnn3ccccc23)n1. The molecule has 3 aromatic heterocycles. The molecule has 0 atom stereocenters. The van der Waals surface area contributed by atoms with Gasteiger partial charge in [0, 0.05) is 18.0 Å². The van der Waals surface area contributed by atoms with Gasteiger partial charge in [0.05, 0.1) is 17.4 Å². The molecule has 0 fully saturated rings. The minimum atomic E-state index is 0.776. The summed E-state index contributed by atoms with van der Waals surface area (Å²) in [5.41, 5.74) is 2.99. The fraction of sp³-hybridized carbons (Fsp3) is 0.312. The fourth-order valence-corrected chi connectivity index (χ4v) is 2.08. The van der Waals surface area contributed by atoms with E-state index in [0.717, 1.165) is 21.9 Å². The van der Waals surface area contributed by atoms with Gasteiger partial charge >= 0.3 is 0 Å². The summed E-state index contributed by atoms with van der Waals surface area (Å²) in [5, 5.41) is 5.08. The lowest BCUT2D eigenvalue weighted by Gasteiger charge is -2.00. The van der Waals surface area contributed by atoms with Gasteiger partial charge in [-0.2, -0.15) is 5.10 Å². The Morgan fingerprint density at radius 1 is 1.05 bits per heavy atom. The van der Waals surface area contributed by atoms with Gasteiger partial charge in [0.1, 0.15) is 0 Å². The molecule has 3 aromatic rings. The van der Waals surface area contributed by atoms with Crippen molar-refractivity contribution in [3.8, 4) is 11.3 Å². The van der Waals surface area contributed by atoms with Gasteiger partial charge in [0.2, 0.25) is 0 Å². The molecule has 0 aliphatic heterocycles. The first-order chi connectivity index (χ1) is 10.4. The molecule has 3 heterocycles. The van der Waals surface area contributed by atoms with Crippen molar-refractivity contribution >= 4 is 17.3 Å². The van der Waals surface area contributed by atoms with Crippen LogP contribution >= 0.6 is 11.8 Å². The van der Waals surface area contributed by atoms with E-state index in [1.165, 1.54) is 11.8 Å². The average Bonchev–Trinajstić information content (AvgIpc) is 3.02. The number of thioether (sulfide) groups is 1. The molecule has 0 aliphatic carbocycles. The Labute approximate surface area is 130 Å². The molecule has 0 radical (unpaired) electrons. The van der Waals surface area contributed by atoms with E-state index in [0.29, 0.717) is 0 Å². The first-order valence-corrected chi connectivity index (χ1v) is 8.41. The minimum Gasteiger partial charge on any atom is -0.240 e. The van der Waals surface area contributed by atoms with Gasteiger partial charge in [0.15, 0.2) is 5.16 Å². The highest BCUT2D eigenvalue weighted by molar-refractivity contribution is 7.98. The second kappa shape index (κ2) is 9.13. The van der Waals surface area contributed by atoms with Gasteiger partial charge in [-0.05, 0) is 24.5 Å². The summed E-state index contributed by atoms with van der Waals surface area (Å²) in [5.74, 6) is 0. The molecular formula is C16H22N4S. The first kappa shape index (κ1) is 17.2. The van der Waals surface area contributed by atoms with Crippen LogP contribution in [0.25, 0.3) is 16.8 Å². The number of nitrogens with zero attached hydrogens (tertiary/aromatic N) is 4. The third-order valence-electron chi connectivity index (χ3n) is 2.52. The van der Waals surface area contributed by atoms with Gasteiger partial charge in [0.25, 0.3) is 0 Å². The van der Waals surface area contributed by atoms with Crippen molar-refractivity contribution in [3.63, 3.8) is 0 Å². The van der Waals surface area contributed by atoms with Gasteiger partial charge in [-0.1, -0.05) is 45.5 Å². The highest BCUT2D eigenvalue weighted by Crippen LogP contribution is 2.23. The molecule has 112 valence electrons. The molecule has 0 spiro atoms. The van der Waals surface area contributed by atoms with Crippen molar-refractivity contribution < 1.29 is 0 Å². The van der Waals surface area contributed by atoms with Crippen LogP contribution in [0.2, 0.25) is 0 Å². The number of hydrogen-bond acceptors (Lipinski definition) is 4. The molecule has 0 unspecified atom stereocenters. The van der Waals surface area contributed by atoms with Crippen LogP contribution in [0.4, 0.5) is 0 Å². The molecule has 0 saturated heterocycles. The van der Waals surface area contributed by atoms with E-state index in [4.69, 9.17) is 0 Å². The average molecular weight is 302 g/mol. The van der Waals surface area contributed by atoms with Crippen molar-refractivity contribution in [2.75, 3.05) is 6.26 Å². The third-order valence-corrected chi connectivity index (χ3v) is 3.08. The minimum absolute atomic E-state index is 0.776. The number of aromatic nitrogens is 4. The normalized spacial score (nSPS) is 9.38. The maximum Gasteiger partial charge on any atom is 0.187 e. The summed E-state index contributed by atoms with van der Waals surface area (Å²) >= 11 is 1.54. The van der Waals surface area contributed by atoms with Crippen LogP contribution in [-0.4, -0.2) is 25.8 Å². The van der Waals surface area contributed by atoms with E-state index in [1.807, 2.05) is 75.1 Å². The van der Waals surface area contributed by atoms with Gasteiger partial charge in [-0.25, -0.2) is 14.5 Å². The summed E-state index contributed by atoms with van der Waals surface area (Å²) < 4.78 is 1.84. The number of rotatable bonds is 2. The Morgan fingerprint density at radius 2 is 1.81 bits per heavy atom. The lowest BCUT2D eigenvalue weighted by molar-refractivity contribution is 0.961. The predicted molar refractivity (Wildman–Crippen MR) is 90.7 cm³/mol. The van der Waals surface area contributed by atoms with E-state index >= 15 is 0 Å². The van der Waals surface area contributed by atoms with Crippen molar-refractivity contribution in [1.82, 2.24) is 19.6 Å². The first-order valence-electron chi connectivity index (χ1n) is 7.18. The highest BCUT2D eigenvalue weighted by atomic mass is 32.2. The Kier molecular flexibility index (Phi) is 7.46. The molecule has 0 bridgehead atoms. The molecule has 0 saturated carbocycles. The third kappa shape index (κ3) is 4.04.